The highest BCUT2D eigenvalue weighted by molar-refractivity contribution is 5.95. The Morgan fingerprint density at radius 2 is 1.88 bits per heavy atom. The highest BCUT2D eigenvalue weighted by atomic mass is 19.1. The predicted molar refractivity (Wildman–Crippen MR) is 84.6 cm³/mol. The molecule has 128 valence electrons. The quantitative estimate of drug-likeness (QED) is 0.863. The van der Waals surface area contributed by atoms with Crippen LogP contribution in [0.3, 0.4) is 0 Å². The third kappa shape index (κ3) is 3.55. The molecule has 0 unspecified atom stereocenters. The van der Waals surface area contributed by atoms with Gasteiger partial charge in [0, 0.05) is 31.7 Å². The van der Waals surface area contributed by atoms with Gasteiger partial charge in [-0.2, -0.15) is 0 Å². The number of piperidine rings is 1. The van der Waals surface area contributed by atoms with Crippen LogP contribution in [0.5, 0.6) is 0 Å². The van der Waals surface area contributed by atoms with Crippen LogP contribution in [0.1, 0.15) is 23.2 Å². The fraction of sp³-hybridized carbons (Fsp3) is 0.471. The molecule has 3 rings (SSSR count). The fourth-order valence-electron chi connectivity index (χ4n) is 3.22. The molecular formula is C17H20FN3O3. The highest BCUT2D eigenvalue weighted by Gasteiger charge is 2.33. The second kappa shape index (κ2) is 6.98. The summed E-state index contributed by atoms with van der Waals surface area (Å²) >= 11 is 0. The third-order valence-corrected chi connectivity index (χ3v) is 4.50. The number of hydrogen-bond donors (Lipinski definition) is 1. The van der Waals surface area contributed by atoms with Crippen molar-refractivity contribution >= 4 is 17.7 Å². The molecule has 1 aromatic carbocycles. The zero-order chi connectivity index (χ0) is 17.1. The molecule has 2 aliphatic heterocycles. The van der Waals surface area contributed by atoms with Crippen molar-refractivity contribution in [3.05, 3.63) is 35.6 Å². The van der Waals surface area contributed by atoms with Gasteiger partial charge in [-0.25, -0.2) is 4.39 Å². The Balaban J connectivity index is 1.65. The van der Waals surface area contributed by atoms with Crippen molar-refractivity contribution in [2.45, 2.75) is 12.8 Å². The normalized spacial score (nSPS) is 21.4. The van der Waals surface area contributed by atoms with Crippen molar-refractivity contribution in [3.8, 4) is 0 Å². The number of hydrogen-bond acceptors (Lipinski definition) is 3. The lowest BCUT2D eigenvalue weighted by molar-refractivity contribution is -0.142. The minimum atomic E-state index is -0.387. The standard InChI is InChI=1S/C17H20FN3O3/c18-14-5-3-12(4-6-14)16(23)20-8-1-2-13(10-20)17(24)21-9-7-19-15(22)11-21/h3-6,13H,1-2,7-11H2,(H,19,22)/t13-/m1/s1. The molecule has 1 N–H and O–H groups in total. The van der Waals surface area contributed by atoms with Gasteiger partial charge in [-0.1, -0.05) is 0 Å². The van der Waals surface area contributed by atoms with Gasteiger partial charge < -0.3 is 15.1 Å². The number of carbonyl (C=O) groups is 3. The second-order valence-corrected chi connectivity index (χ2v) is 6.21. The average Bonchev–Trinajstić information content (AvgIpc) is 2.61. The number of piperazine rings is 1. The van der Waals surface area contributed by atoms with E-state index in [-0.39, 0.29) is 36.0 Å². The molecule has 24 heavy (non-hydrogen) atoms. The van der Waals surface area contributed by atoms with Crippen LogP contribution in [0, 0.1) is 11.7 Å². The van der Waals surface area contributed by atoms with E-state index in [9.17, 15) is 18.8 Å². The van der Waals surface area contributed by atoms with Gasteiger partial charge in [-0.3, -0.25) is 14.4 Å². The van der Waals surface area contributed by atoms with Gasteiger partial charge in [0.15, 0.2) is 0 Å². The maximum atomic E-state index is 13.0. The Morgan fingerprint density at radius 3 is 2.58 bits per heavy atom. The smallest absolute Gasteiger partial charge is 0.253 e. The second-order valence-electron chi connectivity index (χ2n) is 6.21. The Labute approximate surface area is 139 Å². The maximum absolute atomic E-state index is 13.0. The van der Waals surface area contributed by atoms with Crippen LogP contribution in [0.15, 0.2) is 24.3 Å². The first-order valence-electron chi connectivity index (χ1n) is 8.15. The first-order chi connectivity index (χ1) is 11.5. The van der Waals surface area contributed by atoms with Crippen LogP contribution in [0.25, 0.3) is 0 Å². The van der Waals surface area contributed by atoms with Crippen molar-refractivity contribution in [2.24, 2.45) is 5.92 Å². The summed E-state index contributed by atoms with van der Waals surface area (Å²) < 4.78 is 13.0. The molecule has 0 aromatic heterocycles. The number of likely N-dealkylation sites (tertiary alicyclic amines) is 1. The van der Waals surface area contributed by atoms with E-state index in [1.165, 1.54) is 24.3 Å². The van der Waals surface area contributed by atoms with E-state index in [2.05, 4.69) is 5.32 Å². The summed E-state index contributed by atoms with van der Waals surface area (Å²) in [6, 6.07) is 5.43. The molecule has 0 saturated carbocycles. The van der Waals surface area contributed by atoms with Crippen molar-refractivity contribution in [2.75, 3.05) is 32.7 Å². The number of amides is 3. The first kappa shape index (κ1) is 16.4. The van der Waals surface area contributed by atoms with Crippen LogP contribution < -0.4 is 5.32 Å². The third-order valence-electron chi connectivity index (χ3n) is 4.50. The van der Waals surface area contributed by atoms with Gasteiger partial charge in [0.05, 0.1) is 12.5 Å². The van der Waals surface area contributed by atoms with Crippen LogP contribution in [-0.2, 0) is 9.59 Å². The highest BCUT2D eigenvalue weighted by Crippen LogP contribution is 2.21. The van der Waals surface area contributed by atoms with Crippen LogP contribution in [-0.4, -0.2) is 60.2 Å². The SMILES string of the molecule is O=C1CN(C(=O)[C@@H]2CCCN(C(=O)c3ccc(F)cc3)C2)CCN1. The molecule has 2 aliphatic rings. The summed E-state index contributed by atoms with van der Waals surface area (Å²) in [7, 11) is 0. The molecule has 1 aromatic rings. The lowest BCUT2D eigenvalue weighted by Crippen LogP contribution is -2.54. The fourth-order valence-corrected chi connectivity index (χ4v) is 3.22. The lowest BCUT2D eigenvalue weighted by Gasteiger charge is -2.36. The van der Waals surface area contributed by atoms with E-state index < -0.39 is 0 Å². The summed E-state index contributed by atoms with van der Waals surface area (Å²) in [4.78, 5) is 39.8. The Morgan fingerprint density at radius 1 is 1.12 bits per heavy atom. The molecular weight excluding hydrogens is 313 g/mol. The number of carbonyl (C=O) groups excluding carboxylic acids is 3. The van der Waals surface area contributed by atoms with E-state index in [0.29, 0.717) is 38.2 Å². The molecule has 0 radical (unpaired) electrons. The molecule has 1 atom stereocenters. The van der Waals surface area contributed by atoms with Crippen LogP contribution in [0.2, 0.25) is 0 Å². The number of halogens is 1. The summed E-state index contributed by atoms with van der Waals surface area (Å²) in [5.74, 6) is -1.08. The largest absolute Gasteiger partial charge is 0.353 e. The summed E-state index contributed by atoms with van der Waals surface area (Å²) in [6.45, 7) is 1.98. The number of benzene rings is 1. The van der Waals surface area contributed by atoms with Crippen molar-refractivity contribution in [1.82, 2.24) is 15.1 Å². The summed E-state index contributed by atoms with van der Waals surface area (Å²) in [5.41, 5.74) is 0.418. The monoisotopic (exact) mass is 333 g/mol. The minimum Gasteiger partial charge on any atom is -0.353 e. The predicted octanol–water partition coefficient (Wildman–Crippen LogP) is 0.636. The molecule has 2 saturated heterocycles. The van der Waals surface area contributed by atoms with E-state index in [4.69, 9.17) is 0 Å². The summed E-state index contributed by atoms with van der Waals surface area (Å²) in [6.07, 6.45) is 1.45. The van der Waals surface area contributed by atoms with Crippen molar-refractivity contribution in [3.63, 3.8) is 0 Å². The van der Waals surface area contributed by atoms with Crippen LogP contribution in [0.4, 0.5) is 4.39 Å². The Hall–Kier alpha value is -2.44. The van der Waals surface area contributed by atoms with Crippen molar-refractivity contribution < 1.29 is 18.8 Å². The van der Waals surface area contributed by atoms with E-state index >= 15 is 0 Å². The van der Waals surface area contributed by atoms with Crippen LogP contribution >= 0.6 is 0 Å². The number of nitrogens with one attached hydrogen (secondary N) is 1. The van der Waals surface area contributed by atoms with Gasteiger partial charge in [-0.05, 0) is 37.1 Å². The molecule has 0 bridgehead atoms. The minimum absolute atomic E-state index is 0.0681. The maximum Gasteiger partial charge on any atom is 0.253 e. The van der Waals surface area contributed by atoms with E-state index in [1.54, 1.807) is 9.80 Å². The zero-order valence-corrected chi connectivity index (χ0v) is 13.3. The first-order valence-corrected chi connectivity index (χ1v) is 8.15. The topological polar surface area (TPSA) is 69.7 Å². The summed E-state index contributed by atoms with van der Waals surface area (Å²) in [5, 5.41) is 2.69. The van der Waals surface area contributed by atoms with Gasteiger partial charge in [-0.15, -0.1) is 0 Å². The Kier molecular flexibility index (Phi) is 4.78. The van der Waals surface area contributed by atoms with Gasteiger partial charge >= 0.3 is 0 Å². The van der Waals surface area contributed by atoms with Gasteiger partial charge in [0.2, 0.25) is 11.8 Å². The lowest BCUT2D eigenvalue weighted by atomic mass is 9.95. The molecule has 2 fully saturated rings. The molecule has 0 aliphatic carbocycles. The van der Waals surface area contributed by atoms with Gasteiger partial charge in [0.25, 0.3) is 5.91 Å². The Bertz CT molecular complexity index is 647. The van der Waals surface area contributed by atoms with E-state index in [1.807, 2.05) is 0 Å². The average molecular weight is 333 g/mol. The molecule has 3 amide bonds. The molecule has 6 nitrogen and oxygen atoms in total. The number of rotatable bonds is 2. The zero-order valence-electron chi connectivity index (χ0n) is 13.3. The molecule has 0 spiro atoms. The van der Waals surface area contributed by atoms with E-state index in [0.717, 1.165) is 6.42 Å². The molecule has 2 heterocycles. The van der Waals surface area contributed by atoms with Crippen molar-refractivity contribution in [1.29, 1.82) is 0 Å². The van der Waals surface area contributed by atoms with Gasteiger partial charge in [0.1, 0.15) is 5.82 Å². The molecule has 7 heteroatoms. The number of nitrogens with zero attached hydrogens (tertiary/aromatic N) is 2.